The third kappa shape index (κ3) is 2.86. The molecule has 0 saturated carbocycles. The summed E-state index contributed by atoms with van der Waals surface area (Å²) in [5, 5.41) is 10.3. The van der Waals surface area contributed by atoms with Gasteiger partial charge in [-0.05, 0) is 36.8 Å². The van der Waals surface area contributed by atoms with E-state index in [4.69, 9.17) is 9.84 Å². The fourth-order valence-corrected chi connectivity index (χ4v) is 4.23. The maximum atomic E-state index is 12.9. The van der Waals surface area contributed by atoms with Crippen LogP contribution in [0.2, 0.25) is 0 Å². The summed E-state index contributed by atoms with van der Waals surface area (Å²) in [5.41, 5.74) is 5.52. The number of carbonyl (C=O) groups excluding carboxylic acids is 1. The van der Waals surface area contributed by atoms with Gasteiger partial charge in [0.1, 0.15) is 0 Å². The number of nitrogens with one attached hydrogen (secondary N) is 1. The normalized spacial score (nSPS) is 19.2. The Bertz CT molecular complexity index is 1090. The second kappa shape index (κ2) is 7.09. The number of nitrogens with zero attached hydrogens (tertiary/aromatic N) is 2. The topological polar surface area (TPSA) is 53.9 Å². The second-order valence-electron chi connectivity index (χ2n) is 7.11. The van der Waals surface area contributed by atoms with Gasteiger partial charge in [0, 0.05) is 16.9 Å². The molecule has 2 aliphatic heterocycles. The van der Waals surface area contributed by atoms with Crippen LogP contribution in [0.15, 0.2) is 84.0 Å². The van der Waals surface area contributed by atoms with Crippen LogP contribution in [0.5, 0.6) is 0 Å². The molecule has 0 spiro atoms. The molecular formula is C24H21N3O2. The van der Waals surface area contributed by atoms with Crippen molar-refractivity contribution in [2.24, 2.45) is 5.10 Å². The Morgan fingerprint density at radius 1 is 0.931 bits per heavy atom. The first-order valence-corrected chi connectivity index (χ1v) is 9.82. The Morgan fingerprint density at radius 3 is 2.28 bits per heavy atom. The number of hydrogen-bond donors (Lipinski definition) is 1. The van der Waals surface area contributed by atoms with Crippen molar-refractivity contribution in [3.8, 4) is 0 Å². The zero-order valence-corrected chi connectivity index (χ0v) is 16.1. The van der Waals surface area contributed by atoms with Gasteiger partial charge in [-0.25, -0.2) is 4.79 Å². The molecule has 0 aliphatic carbocycles. The fourth-order valence-electron chi connectivity index (χ4n) is 4.23. The Balaban J connectivity index is 1.76. The van der Waals surface area contributed by atoms with E-state index in [9.17, 15) is 4.79 Å². The van der Waals surface area contributed by atoms with Crippen LogP contribution >= 0.6 is 0 Å². The lowest BCUT2D eigenvalue weighted by atomic mass is 9.84. The summed E-state index contributed by atoms with van der Waals surface area (Å²) in [6.45, 7) is 2.13. The maximum absolute atomic E-state index is 12.9. The van der Waals surface area contributed by atoms with E-state index < -0.39 is 0 Å². The first-order chi connectivity index (χ1) is 14.3. The average Bonchev–Trinajstić information content (AvgIpc) is 3.09. The largest absolute Gasteiger partial charge is 0.461 e. The smallest absolute Gasteiger partial charge is 0.355 e. The second-order valence-corrected chi connectivity index (χ2v) is 7.11. The summed E-state index contributed by atoms with van der Waals surface area (Å²) in [7, 11) is 0. The van der Waals surface area contributed by atoms with Crippen molar-refractivity contribution < 1.29 is 9.53 Å². The molecule has 144 valence electrons. The summed E-state index contributed by atoms with van der Waals surface area (Å²) in [6, 6.07) is 26.2. The zero-order valence-electron chi connectivity index (χ0n) is 16.1. The lowest BCUT2D eigenvalue weighted by Crippen LogP contribution is -2.27. The fraction of sp³-hybridized carbons (Fsp3) is 0.167. The number of fused-ring (bicyclic) bond motifs is 5. The van der Waals surface area contributed by atoms with Crippen LogP contribution < -0.4 is 10.3 Å². The molecule has 3 aromatic rings. The molecule has 0 saturated heterocycles. The highest BCUT2D eigenvalue weighted by atomic mass is 16.5. The minimum Gasteiger partial charge on any atom is -0.461 e. The molecule has 1 N–H and O–H groups in total. The summed E-state index contributed by atoms with van der Waals surface area (Å²) in [5.74, 6) is -0.600. The number of anilines is 3. The SMILES string of the molecule is CCOC(=O)C1=NN(c2ccccc2)C2c3ccccc3Nc3ccccc3C12. The van der Waals surface area contributed by atoms with Gasteiger partial charge in [-0.1, -0.05) is 54.6 Å². The van der Waals surface area contributed by atoms with Gasteiger partial charge in [-0.2, -0.15) is 5.10 Å². The van der Waals surface area contributed by atoms with E-state index in [1.54, 1.807) is 0 Å². The van der Waals surface area contributed by atoms with Gasteiger partial charge >= 0.3 is 5.97 Å². The number of hydrogen-bond acceptors (Lipinski definition) is 5. The Kier molecular flexibility index (Phi) is 4.28. The summed E-state index contributed by atoms with van der Waals surface area (Å²) in [4.78, 5) is 12.9. The number of benzene rings is 3. The van der Waals surface area contributed by atoms with Crippen molar-refractivity contribution in [2.45, 2.75) is 18.9 Å². The summed E-state index contributed by atoms with van der Waals surface area (Å²) >= 11 is 0. The van der Waals surface area contributed by atoms with Crippen LogP contribution in [0, 0.1) is 0 Å². The highest BCUT2D eigenvalue weighted by Gasteiger charge is 2.46. The van der Waals surface area contributed by atoms with E-state index in [1.165, 1.54) is 0 Å². The predicted molar refractivity (Wildman–Crippen MR) is 115 cm³/mol. The van der Waals surface area contributed by atoms with E-state index in [0.717, 1.165) is 28.2 Å². The van der Waals surface area contributed by atoms with Crippen LogP contribution in [0.3, 0.4) is 0 Å². The van der Waals surface area contributed by atoms with Gasteiger partial charge in [0.05, 0.1) is 24.3 Å². The minimum absolute atomic E-state index is 0.149. The van der Waals surface area contributed by atoms with Crippen LogP contribution in [-0.4, -0.2) is 18.3 Å². The van der Waals surface area contributed by atoms with Crippen molar-refractivity contribution in [2.75, 3.05) is 16.9 Å². The van der Waals surface area contributed by atoms with Crippen LogP contribution in [0.1, 0.15) is 30.0 Å². The molecular weight excluding hydrogens is 362 g/mol. The molecule has 5 rings (SSSR count). The monoisotopic (exact) mass is 383 g/mol. The first-order valence-electron chi connectivity index (χ1n) is 9.82. The lowest BCUT2D eigenvalue weighted by Gasteiger charge is -2.28. The van der Waals surface area contributed by atoms with Crippen molar-refractivity contribution in [1.29, 1.82) is 0 Å². The third-order valence-corrected chi connectivity index (χ3v) is 5.44. The van der Waals surface area contributed by atoms with Gasteiger partial charge in [0.15, 0.2) is 5.71 Å². The average molecular weight is 383 g/mol. The molecule has 0 radical (unpaired) electrons. The molecule has 0 amide bonds. The van der Waals surface area contributed by atoms with Crippen LogP contribution in [0.25, 0.3) is 0 Å². The van der Waals surface area contributed by atoms with Crippen LogP contribution in [0.4, 0.5) is 17.1 Å². The first kappa shape index (κ1) is 17.5. The van der Waals surface area contributed by atoms with Gasteiger partial charge in [0.2, 0.25) is 0 Å². The van der Waals surface area contributed by atoms with E-state index in [1.807, 2.05) is 72.6 Å². The molecule has 5 nitrogen and oxygen atoms in total. The quantitative estimate of drug-likeness (QED) is 0.646. The van der Waals surface area contributed by atoms with Gasteiger partial charge in [-0.3, -0.25) is 5.01 Å². The van der Waals surface area contributed by atoms with Crippen molar-refractivity contribution >= 4 is 28.7 Å². The summed E-state index contributed by atoms with van der Waals surface area (Å²) < 4.78 is 5.39. The number of carbonyl (C=O) groups is 1. The van der Waals surface area contributed by atoms with Crippen molar-refractivity contribution in [3.05, 3.63) is 90.0 Å². The molecule has 2 atom stereocenters. The molecule has 2 aliphatic rings. The number of rotatable bonds is 3. The van der Waals surface area contributed by atoms with Crippen molar-refractivity contribution in [3.63, 3.8) is 0 Å². The maximum Gasteiger partial charge on any atom is 0.355 e. The minimum atomic E-state index is -0.366. The van der Waals surface area contributed by atoms with E-state index in [2.05, 4.69) is 23.5 Å². The Hall–Kier alpha value is -3.60. The van der Waals surface area contributed by atoms with Gasteiger partial charge in [-0.15, -0.1) is 0 Å². The molecule has 29 heavy (non-hydrogen) atoms. The van der Waals surface area contributed by atoms with E-state index in [0.29, 0.717) is 12.3 Å². The Labute approximate surface area is 169 Å². The van der Waals surface area contributed by atoms with Crippen molar-refractivity contribution in [1.82, 2.24) is 0 Å². The molecule has 5 heteroatoms. The zero-order chi connectivity index (χ0) is 19.8. The predicted octanol–water partition coefficient (Wildman–Crippen LogP) is 5.01. The molecule has 3 aromatic carbocycles. The van der Waals surface area contributed by atoms with Crippen LogP contribution in [-0.2, 0) is 9.53 Å². The number of ether oxygens (including phenoxy) is 1. The third-order valence-electron chi connectivity index (χ3n) is 5.44. The number of esters is 1. The summed E-state index contributed by atoms with van der Waals surface area (Å²) in [6.07, 6.45) is 0. The van der Waals surface area contributed by atoms with E-state index >= 15 is 0 Å². The highest BCUT2D eigenvalue weighted by molar-refractivity contribution is 6.40. The molecule has 0 fully saturated rings. The molecule has 0 aromatic heterocycles. The standard InChI is InChI=1S/C24H21N3O2/c1-2-29-24(28)22-21-17-12-6-8-14-19(17)25-20-15-9-7-13-18(20)23(21)27(26-22)16-10-4-3-5-11-16/h3-15,21,23,25H,2H2,1H3. The van der Waals surface area contributed by atoms with E-state index in [-0.39, 0.29) is 17.9 Å². The molecule has 2 heterocycles. The highest BCUT2D eigenvalue weighted by Crippen LogP contribution is 2.50. The number of hydrazone groups is 1. The number of para-hydroxylation sites is 3. The Morgan fingerprint density at radius 2 is 1.55 bits per heavy atom. The van der Waals surface area contributed by atoms with Gasteiger partial charge < -0.3 is 10.1 Å². The molecule has 0 bridgehead atoms. The molecule has 2 unspecified atom stereocenters. The lowest BCUT2D eigenvalue weighted by molar-refractivity contribution is -0.135. The van der Waals surface area contributed by atoms with Gasteiger partial charge in [0.25, 0.3) is 0 Å².